The molecule has 0 spiro atoms. The minimum absolute atomic E-state index is 0.00440. The summed E-state index contributed by atoms with van der Waals surface area (Å²) in [5.41, 5.74) is 7.10. The number of nitro benzene ring substituents is 1. The third-order valence-corrected chi connectivity index (χ3v) is 15.3. The lowest BCUT2D eigenvalue weighted by atomic mass is 9.99. The van der Waals surface area contributed by atoms with Gasteiger partial charge in [0.2, 0.25) is 47.3 Å². The molecule has 26 heteroatoms. The number of aliphatic hydroxyl groups excluding tert-OH is 1. The van der Waals surface area contributed by atoms with Crippen LogP contribution in [0.5, 0.6) is 0 Å². The van der Waals surface area contributed by atoms with Gasteiger partial charge in [0.1, 0.15) is 42.3 Å². The van der Waals surface area contributed by atoms with Crippen LogP contribution in [0.25, 0.3) is 10.8 Å². The van der Waals surface area contributed by atoms with Crippen LogP contribution in [-0.4, -0.2) is 167 Å². The molecular weight excluding hydrogens is 1170 g/mol. The summed E-state index contributed by atoms with van der Waals surface area (Å²) in [5.74, 6) is -6.26. The van der Waals surface area contributed by atoms with Crippen LogP contribution in [0.2, 0.25) is 5.02 Å². The molecule has 1 aliphatic rings. The van der Waals surface area contributed by atoms with E-state index < -0.39 is 107 Å². The Morgan fingerprint density at radius 1 is 0.640 bits per heavy atom. The monoisotopic (exact) mass is 1250 g/mol. The standard InChI is InChI=1S/C63H80ClN13O12/c1-39(2)31-50(56(80)67-27-30-76-28-7-8-29-76)71-57(81)49(14-10-26-68-63(65)87)70-61(85)55(36-42-18-23-48(24-19-42)77(88)89)75(4)62(86)54(38-78)74-60(84)53(35-44-11-9-25-66-37-44)73-59(83)52(33-41-16-21-47(64)22-17-41)72-58(82)51(69-40(3)79)34-43-15-20-45-12-5-6-13-46(45)32-43/h5-6,9,11-13,15-25,32,37,39,49-55,78H,7-8,10,14,26-31,33-36,38H2,1-4H3,(H,67,80)(H,69,79)(H,70,85)(H,71,81)(H,72,82)(H,73,83)(H,74,84)(H3,65,68,87)/t49-,50+,51-,52-,53-,54+,55+/m1/s1. The number of carbonyl (C=O) groups is 9. The molecule has 2 heterocycles. The molecule has 0 saturated carbocycles. The zero-order valence-electron chi connectivity index (χ0n) is 50.4. The Morgan fingerprint density at radius 2 is 1.19 bits per heavy atom. The normalized spacial score (nSPS) is 14.6. The van der Waals surface area contributed by atoms with E-state index >= 15 is 0 Å². The largest absolute Gasteiger partial charge is 0.394 e. The number of pyridine rings is 1. The number of urea groups is 1. The van der Waals surface area contributed by atoms with Crippen molar-refractivity contribution >= 4 is 81.3 Å². The first-order chi connectivity index (χ1) is 42.6. The van der Waals surface area contributed by atoms with Crippen LogP contribution in [0.1, 0.15) is 75.1 Å². The Bertz CT molecular complexity index is 3240. The number of benzene rings is 4. The number of amides is 10. The molecular formula is C63H80ClN13O12. The molecule has 7 atom stereocenters. The van der Waals surface area contributed by atoms with Gasteiger partial charge in [-0.15, -0.1) is 0 Å². The third kappa shape index (κ3) is 22.2. The molecule has 89 heavy (non-hydrogen) atoms. The van der Waals surface area contributed by atoms with E-state index in [4.69, 9.17) is 17.3 Å². The maximum Gasteiger partial charge on any atom is 0.312 e. The second-order valence-electron chi connectivity index (χ2n) is 22.5. The number of nitrogens with two attached hydrogens (primary N) is 1. The van der Waals surface area contributed by atoms with Gasteiger partial charge < -0.3 is 63.2 Å². The topological polar surface area (TPSA) is 359 Å². The van der Waals surface area contributed by atoms with Gasteiger partial charge in [-0.2, -0.15) is 0 Å². The lowest BCUT2D eigenvalue weighted by molar-refractivity contribution is -0.384. The van der Waals surface area contributed by atoms with Crippen molar-refractivity contribution in [3.63, 3.8) is 0 Å². The number of halogens is 1. The van der Waals surface area contributed by atoms with Crippen LogP contribution in [0.3, 0.4) is 0 Å². The van der Waals surface area contributed by atoms with Crippen LogP contribution in [0.4, 0.5) is 10.5 Å². The summed E-state index contributed by atoms with van der Waals surface area (Å²) >= 11 is 6.22. The highest BCUT2D eigenvalue weighted by Crippen LogP contribution is 2.20. The van der Waals surface area contributed by atoms with Crippen molar-refractivity contribution in [1.82, 2.24) is 57.3 Å². The summed E-state index contributed by atoms with van der Waals surface area (Å²) < 4.78 is 0. The van der Waals surface area contributed by atoms with Crippen LogP contribution in [0, 0.1) is 16.0 Å². The first kappa shape index (κ1) is 69.0. The van der Waals surface area contributed by atoms with Crippen molar-refractivity contribution in [1.29, 1.82) is 0 Å². The van der Waals surface area contributed by atoms with E-state index in [1.165, 1.54) is 50.6 Å². The number of nitro groups is 1. The summed E-state index contributed by atoms with van der Waals surface area (Å²) in [5, 5.41) is 46.4. The molecule has 1 fully saturated rings. The van der Waals surface area contributed by atoms with Crippen molar-refractivity contribution in [2.75, 3.05) is 46.4 Å². The van der Waals surface area contributed by atoms with Gasteiger partial charge in [-0.1, -0.05) is 98.2 Å². The summed E-state index contributed by atoms with van der Waals surface area (Å²) in [4.78, 5) is 144. The first-order valence-corrected chi connectivity index (χ1v) is 30.0. The van der Waals surface area contributed by atoms with Crippen LogP contribution in [0.15, 0.2) is 116 Å². The van der Waals surface area contributed by atoms with E-state index in [2.05, 4.69) is 52.4 Å². The molecule has 1 aromatic heterocycles. The molecule has 1 saturated heterocycles. The molecule has 0 radical (unpaired) electrons. The highest BCUT2D eigenvalue weighted by molar-refractivity contribution is 6.30. The summed E-state index contributed by atoms with van der Waals surface area (Å²) in [6.45, 7) is 6.76. The van der Waals surface area contributed by atoms with Gasteiger partial charge in [0.05, 0.1) is 11.5 Å². The minimum atomic E-state index is -1.80. The number of hydrogen-bond donors (Lipinski definition) is 10. The maximum atomic E-state index is 14.8. The van der Waals surface area contributed by atoms with Gasteiger partial charge in [0.25, 0.3) is 5.69 Å². The van der Waals surface area contributed by atoms with E-state index in [1.54, 1.807) is 36.4 Å². The number of rotatable bonds is 33. The van der Waals surface area contributed by atoms with E-state index in [0.717, 1.165) is 47.2 Å². The highest BCUT2D eigenvalue weighted by atomic mass is 35.5. The quantitative estimate of drug-likeness (QED) is 0.0164. The zero-order valence-corrected chi connectivity index (χ0v) is 51.1. The Hall–Kier alpha value is -9.07. The molecule has 0 bridgehead atoms. The Kier molecular flexibility index (Phi) is 26.7. The Labute approximate surface area is 521 Å². The van der Waals surface area contributed by atoms with Crippen molar-refractivity contribution in [2.24, 2.45) is 11.7 Å². The molecule has 11 N–H and O–H groups in total. The SMILES string of the molecule is CC(=O)N[C@H](Cc1ccc2ccccc2c1)C(=O)N[C@H](Cc1ccc(Cl)cc1)C(=O)N[C@H](Cc1cccnc1)C(=O)N[C@@H](CO)C(=O)N(C)[C@@H](Cc1ccc([N+](=O)[O-])cc1)C(=O)N[C@H](CCCNC(N)=O)C(=O)N[C@@H](CC(C)C)C(=O)NCCN1CCCC1. The zero-order chi connectivity index (χ0) is 64.6. The first-order valence-electron chi connectivity index (χ1n) is 29.6. The number of nitrogens with one attached hydrogen (secondary N) is 8. The predicted molar refractivity (Wildman–Crippen MR) is 333 cm³/mol. The van der Waals surface area contributed by atoms with Gasteiger partial charge in [-0.25, -0.2) is 4.79 Å². The van der Waals surface area contributed by atoms with Gasteiger partial charge in [-0.3, -0.25) is 53.5 Å². The third-order valence-electron chi connectivity index (χ3n) is 15.1. The predicted octanol–water partition coefficient (Wildman–Crippen LogP) is 2.52. The fraction of sp³-hybridized carbons (Fsp3) is 0.429. The van der Waals surface area contributed by atoms with E-state index in [-0.39, 0.29) is 63.1 Å². The van der Waals surface area contributed by atoms with Crippen molar-refractivity contribution in [2.45, 2.75) is 121 Å². The second kappa shape index (κ2) is 34.5. The molecule has 476 valence electrons. The fourth-order valence-corrected chi connectivity index (χ4v) is 10.5. The number of fused-ring (bicyclic) bond motifs is 1. The van der Waals surface area contributed by atoms with Crippen LogP contribution < -0.4 is 48.3 Å². The number of nitrogens with zero attached hydrogens (tertiary/aromatic N) is 4. The number of likely N-dealkylation sites (N-methyl/N-ethyl adjacent to an activating group) is 1. The van der Waals surface area contributed by atoms with Gasteiger partial charge in [0, 0.05) is 88.8 Å². The fourth-order valence-electron chi connectivity index (χ4n) is 10.4. The lowest BCUT2D eigenvalue weighted by Crippen LogP contribution is -2.61. The van der Waals surface area contributed by atoms with Crippen molar-refractivity contribution in [3.8, 4) is 0 Å². The van der Waals surface area contributed by atoms with Gasteiger partial charge in [0.15, 0.2) is 0 Å². The number of non-ortho nitro benzene ring substituents is 1. The van der Waals surface area contributed by atoms with E-state index in [1.807, 2.05) is 56.3 Å². The molecule has 10 amide bonds. The van der Waals surface area contributed by atoms with E-state index in [0.29, 0.717) is 34.8 Å². The Balaban J connectivity index is 1.26. The molecule has 0 unspecified atom stereocenters. The average Bonchev–Trinajstić information content (AvgIpc) is 2.11. The number of aromatic nitrogens is 1. The molecule has 4 aromatic carbocycles. The summed E-state index contributed by atoms with van der Waals surface area (Å²) in [6, 6.07) is 17.5. The van der Waals surface area contributed by atoms with Crippen molar-refractivity contribution in [3.05, 3.63) is 153 Å². The van der Waals surface area contributed by atoms with Crippen molar-refractivity contribution < 1.29 is 53.2 Å². The number of carbonyl (C=O) groups excluding carboxylic acids is 9. The molecule has 25 nitrogen and oxygen atoms in total. The maximum absolute atomic E-state index is 14.8. The van der Waals surface area contributed by atoms with E-state index in [9.17, 15) is 58.4 Å². The number of hydrogen-bond acceptors (Lipinski definition) is 14. The van der Waals surface area contributed by atoms with Crippen LogP contribution >= 0.6 is 11.6 Å². The Morgan fingerprint density at radius 3 is 1.79 bits per heavy atom. The second-order valence-corrected chi connectivity index (χ2v) is 23.0. The number of likely N-dealkylation sites (tertiary alicyclic amines) is 1. The molecule has 5 aromatic rings. The molecule has 1 aliphatic heterocycles. The minimum Gasteiger partial charge on any atom is -0.394 e. The number of primary amides is 1. The lowest BCUT2D eigenvalue weighted by Gasteiger charge is -2.32. The smallest absolute Gasteiger partial charge is 0.312 e. The summed E-state index contributed by atoms with van der Waals surface area (Å²) in [7, 11) is 1.22. The average molecular weight is 1250 g/mol. The number of aliphatic hydroxyl groups is 1. The summed E-state index contributed by atoms with van der Waals surface area (Å²) in [6.07, 6.45) is 4.68. The van der Waals surface area contributed by atoms with Gasteiger partial charge in [-0.05, 0) is 102 Å². The van der Waals surface area contributed by atoms with Gasteiger partial charge >= 0.3 is 6.03 Å². The molecule has 0 aliphatic carbocycles. The van der Waals surface area contributed by atoms with Crippen LogP contribution in [-0.2, 0) is 64.0 Å². The highest BCUT2D eigenvalue weighted by Gasteiger charge is 2.37. The molecule has 6 rings (SSSR count).